The number of urea groups is 1. The zero-order valence-electron chi connectivity index (χ0n) is 14.8. The summed E-state index contributed by atoms with van der Waals surface area (Å²) in [6.45, 7) is 3.83. The lowest BCUT2D eigenvalue weighted by Crippen LogP contribution is -2.45. The molecule has 1 aromatic rings. The summed E-state index contributed by atoms with van der Waals surface area (Å²) < 4.78 is 10.9. The highest BCUT2D eigenvalue weighted by Crippen LogP contribution is 2.32. The molecule has 1 saturated carbocycles. The molecule has 0 bridgehead atoms. The van der Waals surface area contributed by atoms with Crippen molar-refractivity contribution in [3.05, 3.63) is 41.1 Å². The SMILES string of the molecule is COc1ccc(C2NC(=O)NC(C)=C2C(=O)OC2CCCC2C)cc1. The molecule has 1 heterocycles. The fraction of sp³-hybridized carbons (Fsp3) is 0.474. The van der Waals surface area contributed by atoms with Crippen LogP contribution in [-0.2, 0) is 9.53 Å². The van der Waals surface area contributed by atoms with Crippen molar-refractivity contribution in [3.63, 3.8) is 0 Å². The van der Waals surface area contributed by atoms with Crippen LogP contribution in [0.1, 0.15) is 44.7 Å². The molecule has 1 aliphatic carbocycles. The van der Waals surface area contributed by atoms with Crippen molar-refractivity contribution in [3.8, 4) is 5.75 Å². The van der Waals surface area contributed by atoms with E-state index in [0.29, 0.717) is 22.9 Å². The van der Waals surface area contributed by atoms with Crippen molar-refractivity contribution >= 4 is 12.0 Å². The number of hydrogen-bond acceptors (Lipinski definition) is 4. The van der Waals surface area contributed by atoms with E-state index in [1.54, 1.807) is 26.2 Å². The summed E-state index contributed by atoms with van der Waals surface area (Å²) in [6.07, 6.45) is 2.99. The average Bonchev–Trinajstić information content (AvgIpc) is 2.99. The van der Waals surface area contributed by atoms with E-state index in [-0.39, 0.29) is 18.1 Å². The van der Waals surface area contributed by atoms with Crippen LogP contribution in [0.5, 0.6) is 5.75 Å². The number of hydrogen-bond donors (Lipinski definition) is 2. The number of carbonyl (C=O) groups excluding carboxylic acids is 2. The lowest BCUT2D eigenvalue weighted by atomic mass is 9.95. The molecule has 0 saturated heterocycles. The quantitative estimate of drug-likeness (QED) is 0.823. The zero-order chi connectivity index (χ0) is 18.0. The Kier molecular flexibility index (Phi) is 4.97. The Labute approximate surface area is 147 Å². The Morgan fingerprint density at radius 2 is 1.92 bits per heavy atom. The molecule has 0 spiro atoms. The van der Waals surface area contributed by atoms with Crippen molar-refractivity contribution in [2.24, 2.45) is 5.92 Å². The topological polar surface area (TPSA) is 76.7 Å². The molecule has 0 radical (unpaired) electrons. The van der Waals surface area contributed by atoms with Crippen LogP contribution in [0.15, 0.2) is 35.5 Å². The van der Waals surface area contributed by atoms with Gasteiger partial charge in [0.2, 0.25) is 0 Å². The minimum absolute atomic E-state index is 0.0538. The van der Waals surface area contributed by atoms with Crippen LogP contribution < -0.4 is 15.4 Å². The zero-order valence-corrected chi connectivity index (χ0v) is 14.8. The summed E-state index contributed by atoms with van der Waals surface area (Å²) in [5.41, 5.74) is 1.78. The van der Waals surface area contributed by atoms with E-state index in [1.165, 1.54) is 0 Å². The van der Waals surface area contributed by atoms with Gasteiger partial charge in [0.1, 0.15) is 11.9 Å². The fourth-order valence-electron chi connectivity index (χ4n) is 3.50. The van der Waals surface area contributed by atoms with Gasteiger partial charge in [-0.2, -0.15) is 0 Å². The van der Waals surface area contributed by atoms with Crippen LogP contribution in [0.2, 0.25) is 0 Å². The molecule has 1 aliphatic heterocycles. The Bertz CT molecular complexity index is 696. The number of ether oxygens (including phenoxy) is 2. The number of amides is 2. The molecule has 6 heteroatoms. The fourth-order valence-corrected chi connectivity index (χ4v) is 3.50. The molecule has 2 amide bonds. The molecule has 6 nitrogen and oxygen atoms in total. The van der Waals surface area contributed by atoms with Crippen LogP contribution in [0.3, 0.4) is 0 Å². The van der Waals surface area contributed by atoms with Crippen LogP contribution in [0, 0.1) is 5.92 Å². The van der Waals surface area contributed by atoms with Crippen molar-refractivity contribution in [1.29, 1.82) is 0 Å². The Morgan fingerprint density at radius 3 is 2.52 bits per heavy atom. The first-order valence-corrected chi connectivity index (χ1v) is 8.63. The molecule has 1 aromatic carbocycles. The van der Waals surface area contributed by atoms with Crippen molar-refractivity contribution in [1.82, 2.24) is 10.6 Å². The summed E-state index contributed by atoms with van der Waals surface area (Å²) in [7, 11) is 1.59. The van der Waals surface area contributed by atoms with E-state index in [9.17, 15) is 9.59 Å². The molecule has 0 aromatic heterocycles. The van der Waals surface area contributed by atoms with Gasteiger partial charge in [-0.25, -0.2) is 9.59 Å². The van der Waals surface area contributed by atoms with E-state index < -0.39 is 6.04 Å². The van der Waals surface area contributed by atoms with Crippen molar-refractivity contribution in [2.75, 3.05) is 7.11 Å². The smallest absolute Gasteiger partial charge is 0.338 e. The van der Waals surface area contributed by atoms with Gasteiger partial charge in [0.25, 0.3) is 0 Å². The highest BCUT2D eigenvalue weighted by atomic mass is 16.5. The summed E-state index contributed by atoms with van der Waals surface area (Å²) in [4.78, 5) is 24.7. The highest BCUT2D eigenvalue weighted by molar-refractivity contribution is 5.95. The molecular formula is C19H24N2O4. The lowest BCUT2D eigenvalue weighted by molar-refractivity contribution is -0.146. The van der Waals surface area contributed by atoms with Crippen LogP contribution in [0.25, 0.3) is 0 Å². The van der Waals surface area contributed by atoms with Crippen LogP contribution in [0.4, 0.5) is 4.79 Å². The summed E-state index contributed by atoms with van der Waals surface area (Å²) in [5, 5.41) is 5.49. The van der Waals surface area contributed by atoms with Gasteiger partial charge in [-0.15, -0.1) is 0 Å². The number of carbonyl (C=O) groups is 2. The number of esters is 1. The van der Waals surface area contributed by atoms with E-state index in [0.717, 1.165) is 24.8 Å². The van der Waals surface area contributed by atoms with E-state index in [1.807, 2.05) is 12.1 Å². The maximum absolute atomic E-state index is 12.8. The second-order valence-corrected chi connectivity index (χ2v) is 6.70. The maximum Gasteiger partial charge on any atom is 0.338 e. The van der Waals surface area contributed by atoms with Crippen LogP contribution >= 0.6 is 0 Å². The van der Waals surface area contributed by atoms with Gasteiger partial charge in [0, 0.05) is 5.70 Å². The number of rotatable bonds is 4. The van der Waals surface area contributed by atoms with Gasteiger partial charge in [-0.05, 0) is 49.8 Å². The average molecular weight is 344 g/mol. The molecule has 2 N–H and O–H groups in total. The standard InChI is InChI=1S/C19H24N2O4/c1-11-5-4-6-15(11)25-18(22)16-12(2)20-19(23)21-17(16)13-7-9-14(24-3)10-8-13/h7-11,15,17H,4-6H2,1-3H3,(H2,20,21,23). The molecular weight excluding hydrogens is 320 g/mol. The van der Waals surface area contributed by atoms with E-state index >= 15 is 0 Å². The van der Waals surface area contributed by atoms with E-state index in [2.05, 4.69) is 17.6 Å². The number of methoxy groups -OCH3 is 1. The molecule has 2 aliphatic rings. The lowest BCUT2D eigenvalue weighted by Gasteiger charge is -2.29. The number of allylic oxidation sites excluding steroid dienone is 1. The van der Waals surface area contributed by atoms with Gasteiger partial charge in [0.05, 0.1) is 18.7 Å². The summed E-state index contributed by atoms with van der Waals surface area (Å²) in [5.74, 6) is 0.716. The summed E-state index contributed by atoms with van der Waals surface area (Å²) >= 11 is 0. The second kappa shape index (κ2) is 7.17. The molecule has 1 fully saturated rings. The maximum atomic E-state index is 12.8. The third-order valence-corrected chi connectivity index (χ3v) is 4.98. The first kappa shape index (κ1) is 17.3. The third-order valence-electron chi connectivity index (χ3n) is 4.98. The van der Waals surface area contributed by atoms with Crippen LogP contribution in [-0.4, -0.2) is 25.2 Å². The Balaban J connectivity index is 1.87. The minimum Gasteiger partial charge on any atom is -0.497 e. The van der Waals surface area contributed by atoms with Gasteiger partial charge in [-0.1, -0.05) is 19.1 Å². The largest absolute Gasteiger partial charge is 0.497 e. The van der Waals surface area contributed by atoms with Crippen molar-refractivity contribution in [2.45, 2.75) is 45.3 Å². The first-order valence-electron chi connectivity index (χ1n) is 8.63. The van der Waals surface area contributed by atoms with Gasteiger partial charge in [-0.3, -0.25) is 0 Å². The Morgan fingerprint density at radius 1 is 1.20 bits per heavy atom. The second-order valence-electron chi connectivity index (χ2n) is 6.70. The van der Waals surface area contributed by atoms with Gasteiger partial charge >= 0.3 is 12.0 Å². The molecule has 25 heavy (non-hydrogen) atoms. The number of benzene rings is 1. The first-order chi connectivity index (χ1) is 12.0. The predicted octanol–water partition coefficient (Wildman–Crippen LogP) is 3.05. The van der Waals surface area contributed by atoms with Crippen molar-refractivity contribution < 1.29 is 19.1 Å². The minimum atomic E-state index is -0.538. The predicted molar refractivity (Wildman–Crippen MR) is 93.0 cm³/mol. The molecule has 3 unspecified atom stereocenters. The molecule has 3 rings (SSSR count). The van der Waals surface area contributed by atoms with E-state index in [4.69, 9.17) is 9.47 Å². The van der Waals surface area contributed by atoms with Gasteiger partial charge < -0.3 is 20.1 Å². The number of nitrogens with one attached hydrogen (secondary N) is 2. The monoisotopic (exact) mass is 344 g/mol. The molecule has 134 valence electrons. The Hall–Kier alpha value is -2.50. The van der Waals surface area contributed by atoms with Gasteiger partial charge in [0.15, 0.2) is 0 Å². The molecule has 3 atom stereocenters. The normalized spacial score (nSPS) is 26.0. The third kappa shape index (κ3) is 3.62. The summed E-state index contributed by atoms with van der Waals surface area (Å²) in [6, 6.07) is 6.43. The highest BCUT2D eigenvalue weighted by Gasteiger charge is 2.35.